The Morgan fingerprint density at radius 1 is 0.260 bits per heavy atom. The summed E-state index contributed by atoms with van der Waals surface area (Å²) in [6, 6.07) is 13.0. The fourth-order valence-corrected chi connectivity index (χ4v) is 12.1. The molecule has 0 atom stereocenters. The molecule has 0 radical (unpaired) electrons. The smallest absolute Gasteiger partial charge is 0.744 e. The molecule has 0 heterocycles. The summed E-state index contributed by atoms with van der Waals surface area (Å²) in [5.41, 5.74) is 1.90. The number of hydrogen-bond acceptors (Lipinski definition) is 6. The van der Waals surface area contributed by atoms with Crippen LogP contribution in [0.3, 0.4) is 0 Å². The van der Waals surface area contributed by atoms with Crippen molar-refractivity contribution in [2.45, 2.75) is 370 Å². The van der Waals surface area contributed by atoms with Gasteiger partial charge >= 0.3 is 37.7 Å². The van der Waals surface area contributed by atoms with Gasteiger partial charge in [-0.2, -0.15) is 0 Å². The summed E-state index contributed by atoms with van der Waals surface area (Å²) in [6.45, 7) is 4.59. The van der Waals surface area contributed by atoms with E-state index in [2.05, 4.69) is 13.8 Å². The number of rotatable bonds is 56. The van der Waals surface area contributed by atoms with Gasteiger partial charge in [0.25, 0.3) is 0 Å². The zero-order valence-electron chi connectivity index (χ0n) is 50.8. The van der Waals surface area contributed by atoms with Gasteiger partial charge in [0, 0.05) is 0 Å². The van der Waals surface area contributed by atoms with Crippen LogP contribution in [0.25, 0.3) is 0 Å². The number of hydrogen-bond donors (Lipinski definition) is 0. The van der Waals surface area contributed by atoms with Crippen LogP contribution in [0.4, 0.5) is 0 Å². The van der Waals surface area contributed by atoms with Crippen LogP contribution in [0.15, 0.2) is 58.3 Å². The van der Waals surface area contributed by atoms with Gasteiger partial charge in [0.1, 0.15) is 20.2 Å². The monoisotopic (exact) mass is 1140 g/mol. The fourth-order valence-electron chi connectivity index (χ4n) is 11.0. The maximum Gasteiger partial charge on any atom is 2.00 e. The Hall–Kier alpha value is -0.480. The van der Waals surface area contributed by atoms with E-state index < -0.39 is 20.2 Å². The predicted molar refractivity (Wildman–Crippen MR) is 333 cm³/mol. The average molecular weight is 1140 g/mol. The molecule has 77 heavy (non-hydrogen) atoms. The second kappa shape index (κ2) is 57.3. The SMILES string of the molecule is CCCCCCCCCCCCCCCCCCCCCCCCCCCCc1cccc(S(=O)(=O)[O-])c1.CCCCCCCCCCCCCCCCCCCCCCCCCCCCc1cccc(S(=O)(=O)[O-])c1.[Ca+2]. The molecule has 0 N–H and O–H groups in total. The molecule has 2 aromatic rings. The molecular formula is C68H122CaO6S2. The molecule has 0 fully saturated rings. The minimum atomic E-state index is -4.34. The molecule has 0 unspecified atom stereocenters. The Morgan fingerprint density at radius 2 is 0.416 bits per heavy atom. The van der Waals surface area contributed by atoms with Crippen molar-refractivity contribution in [3.8, 4) is 0 Å². The number of unbranched alkanes of at least 4 members (excludes halogenated alkanes) is 50. The summed E-state index contributed by atoms with van der Waals surface area (Å²) in [5, 5.41) is 0. The predicted octanol–water partition coefficient (Wildman–Crippen LogP) is 22.2. The molecule has 9 heteroatoms. The minimum Gasteiger partial charge on any atom is -0.744 e. The first-order chi connectivity index (χ1) is 37.1. The maximum absolute atomic E-state index is 11.1. The van der Waals surface area contributed by atoms with Gasteiger partial charge in [-0.25, -0.2) is 16.8 Å². The standard InChI is InChI=1S/2C34H62O3S.Ca/c2*1-2-3-4-5-6-7-8-9-10-11-12-13-14-15-16-17-18-19-20-21-22-23-24-25-26-27-29-33-30-28-31-34(32-33)38(35,36)37;/h2*28,30-32H,2-27,29H2,1H3,(H,35,36,37);/q;;+2/p-2. The summed E-state index contributed by atoms with van der Waals surface area (Å²) < 4.78 is 66.7. The van der Waals surface area contributed by atoms with Gasteiger partial charge in [-0.3, -0.25) is 0 Å². The third-order valence-electron chi connectivity index (χ3n) is 16.0. The Labute approximate surface area is 509 Å². The first kappa shape index (κ1) is 76.5. The van der Waals surface area contributed by atoms with E-state index >= 15 is 0 Å². The van der Waals surface area contributed by atoms with Gasteiger partial charge in [0.05, 0.1) is 9.79 Å². The Morgan fingerprint density at radius 3 is 0.571 bits per heavy atom. The minimum absolute atomic E-state index is 0. The number of benzene rings is 2. The van der Waals surface area contributed by atoms with Crippen molar-refractivity contribution >= 4 is 58.0 Å². The van der Waals surface area contributed by atoms with Crippen molar-refractivity contribution in [2.75, 3.05) is 0 Å². The molecule has 444 valence electrons. The van der Waals surface area contributed by atoms with E-state index in [1.807, 2.05) is 12.1 Å². The molecule has 2 rings (SSSR count). The van der Waals surface area contributed by atoms with Crippen LogP contribution in [-0.4, -0.2) is 63.7 Å². The van der Waals surface area contributed by atoms with Crippen LogP contribution in [-0.2, 0) is 33.1 Å². The second-order valence-electron chi connectivity index (χ2n) is 23.4. The molecule has 0 bridgehead atoms. The molecule has 0 spiro atoms. The average Bonchev–Trinajstić information content (AvgIpc) is 3.40. The topological polar surface area (TPSA) is 114 Å². The normalized spacial score (nSPS) is 11.7. The Balaban J connectivity index is 0.00000148. The van der Waals surface area contributed by atoms with Crippen LogP contribution in [0.5, 0.6) is 0 Å². The van der Waals surface area contributed by atoms with Crippen molar-refractivity contribution in [2.24, 2.45) is 0 Å². The molecule has 0 aliphatic heterocycles. The zero-order valence-corrected chi connectivity index (χ0v) is 54.6. The van der Waals surface area contributed by atoms with Gasteiger partial charge in [0.2, 0.25) is 0 Å². The largest absolute Gasteiger partial charge is 2.00 e. The van der Waals surface area contributed by atoms with E-state index in [4.69, 9.17) is 0 Å². The van der Waals surface area contributed by atoms with Crippen molar-refractivity contribution < 1.29 is 25.9 Å². The van der Waals surface area contributed by atoms with Crippen LogP contribution < -0.4 is 0 Å². The maximum atomic E-state index is 11.1. The van der Waals surface area contributed by atoms with Crippen LogP contribution in [0.2, 0.25) is 0 Å². The summed E-state index contributed by atoms with van der Waals surface area (Å²) in [7, 11) is -8.69. The Bertz CT molecular complexity index is 1620. The summed E-state index contributed by atoms with van der Waals surface area (Å²) in [6.07, 6.45) is 74.2. The van der Waals surface area contributed by atoms with E-state index in [0.29, 0.717) is 0 Å². The van der Waals surface area contributed by atoms with Crippen LogP contribution in [0.1, 0.15) is 359 Å². The van der Waals surface area contributed by atoms with E-state index in [0.717, 1.165) is 36.8 Å². The molecule has 0 aromatic heterocycles. The summed E-state index contributed by atoms with van der Waals surface area (Å²) in [5.74, 6) is 0. The summed E-state index contributed by atoms with van der Waals surface area (Å²) >= 11 is 0. The Kier molecular flexibility index (Phi) is 57.0. The molecule has 0 aliphatic rings. The molecule has 0 saturated carbocycles. The van der Waals surface area contributed by atoms with E-state index in [1.165, 1.54) is 345 Å². The fraction of sp³-hybridized carbons (Fsp3) is 0.824. The molecule has 0 aliphatic carbocycles. The van der Waals surface area contributed by atoms with Crippen LogP contribution >= 0.6 is 0 Å². The van der Waals surface area contributed by atoms with Crippen molar-refractivity contribution in [3.05, 3.63) is 59.7 Å². The first-order valence-electron chi connectivity index (χ1n) is 33.2. The van der Waals surface area contributed by atoms with E-state index in [1.54, 1.807) is 12.1 Å². The van der Waals surface area contributed by atoms with Crippen molar-refractivity contribution in [1.29, 1.82) is 0 Å². The molecule has 2 aromatic carbocycles. The van der Waals surface area contributed by atoms with Gasteiger partial charge < -0.3 is 9.11 Å². The first-order valence-corrected chi connectivity index (χ1v) is 36.0. The van der Waals surface area contributed by atoms with Crippen LogP contribution in [0, 0.1) is 0 Å². The van der Waals surface area contributed by atoms with Gasteiger partial charge in [-0.05, 0) is 61.1 Å². The molecule has 6 nitrogen and oxygen atoms in total. The molecule has 0 amide bonds. The van der Waals surface area contributed by atoms with Gasteiger partial charge in [0.15, 0.2) is 0 Å². The van der Waals surface area contributed by atoms with Crippen molar-refractivity contribution in [1.82, 2.24) is 0 Å². The quantitative estimate of drug-likeness (QED) is 0.0370. The second-order valence-corrected chi connectivity index (χ2v) is 26.1. The number of aryl methyl sites for hydroxylation is 2. The third-order valence-corrected chi connectivity index (χ3v) is 17.7. The van der Waals surface area contributed by atoms with Gasteiger partial charge in [-0.15, -0.1) is 0 Å². The third kappa shape index (κ3) is 53.3. The molecule has 0 saturated heterocycles. The van der Waals surface area contributed by atoms with E-state index in [9.17, 15) is 25.9 Å². The molecular weight excluding hydrogens is 1020 g/mol. The summed E-state index contributed by atoms with van der Waals surface area (Å²) in [4.78, 5) is -0.213. The van der Waals surface area contributed by atoms with Gasteiger partial charge in [-0.1, -0.05) is 359 Å². The van der Waals surface area contributed by atoms with Crippen molar-refractivity contribution in [3.63, 3.8) is 0 Å². The van der Waals surface area contributed by atoms with E-state index in [-0.39, 0.29) is 47.5 Å². The zero-order chi connectivity index (χ0) is 55.2.